The lowest BCUT2D eigenvalue weighted by atomic mass is 10.1. The molecule has 1 atom stereocenters. The minimum atomic E-state index is -0.587. The molecule has 0 bridgehead atoms. The highest BCUT2D eigenvalue weighted by Crippen LogP contribution is 2.24. The highest BCUT2D eigenvalue weighted by atomic mass is 79.9. The van der Waals surface area contributed by atoms with Crippen molar-refractivity contribution in [2.24, 2.45) is 0 Å². The van der Waals surface area contributed by atoms with Crippen LogP contribution in [0.15, 0.2) is 40.9 Å². The van der Waals surface area contributed by atoms with Crippen molar-refractivity contribution in [3.05, 3.63) is 40.9 Å². The molecule has 20 heavy (non-hydrogen) atoms. The van der Waals surface area contributed by atoms with Gasteiger partial charge >= 0.3 is 0 Å². The van der Waals surface area contributed by atoms with Crippen LogP contribution in [0.4, 0.5) is 0 Å². The fourth-order valence-electron chi connectivity index (χ4n) is 1.81. The number of benzene rings is 2. The van der Waals surface area contributed by atoms with Gasteiger partial charge in [-0.05, 0) is 42.0 Å². The van der Waals surface area contributed by atoms with Crippen LogP contribution in [0.1, 0.15) is 6.92 Å². The summed E-state index contributed by atoms with van der Waals surface area (Å²) in [5.41, 5.74) is 0. The number of carbonyl (C=O) groups excluding carboxylic acids is 1. The number of carbonyl (C=O) groups is 1. The largest absolute Gasteiger partial charge is 0.481 e. The van der Waals surface area contributed by atoms with Crippen molar-refractivity contribution in [2.45, 2.75) is 13.0 Å². The molecule has 1 N–H and O–H groups in total. The predicted octanol–water partition coefficient (Wildman–Crippen LogP) is 3.12. The minimum absolute atomic E-state index is 0.207. The maximum absolute atomic E-state index is 11.7. The molecule has 0 saturated heterocycles. The normalized spacial score (nSPS) is 11.7. The summed E-state index contributed by atoms with van der Waals surface area (Å²) in [6.07, 6.45) is 4.51. The number of nitrogens with one attached hydrogen (secondary N) is 1. The van der Waals surface area contributed by atoms with E-state index in [0.29, 0.717) is 5.75 Å². The quantitative estimate of drug-likeness (QED) is 0.874. The molecule has 0 heterocycles. The average molecular weight is 332 g/mol. The van der Waals surface area contributed by atoms with Crippen molar-refractivity contribution < 1.29 is 9.53 Å². The molecule has 0 aliphatic rings. The second-order valence-corrected chi connectivity index (χ2v) is 5.25. The van der Waals surface area contributed by atoms with E-state index in [1.165, 1.54) is 0 Å². The van der Waals surface area contributed by atoms with Gasteiger partial charge in [0.15, 0.2) is 6.10 Å². The van der Waals surface area contributed by atoms with Crippen molar-refractivity contribution in [1.29, 1.82) is 0 Å². The standard InChI is InChI=1S/C16H14BrNO2/c1-3-8-18-16(19)11(2)20-15-7-5-12-9-14(17)6-4-13(12)10-15/h1,4-7,9-11H,8H2,2H3,(H,18,19). The first-order valence-electron chi connectivity index (χ1n) is 6.17. The van der Waals surface area contributed by atoms with Gasteiger partial charge in [-0.1, -0.05) is 34.0 Å². The van der Waals surface area contributed by atoms with Gasteiger partial charge in [0.25, 0.3) is 5.91 Å². The topological polar surface area (TPSA) is 38.3 Å². The second-order valence-electron chi connectivity index (χ2n) is 4.34. The molecular weight excluding hydrogens is 318 g/mol. The van der Waals surface area contributed by atoms with E-state index >= 15 is 0 Å². The molecule has 2 rings (SSSR count). The van der Waals surface area contributed by atoms with Gasteiger partial charge < -0.3 is 10.1 Å². The highest BCUT2D eigenvalue weighted by molar-refractivity contribution is 9.10. The lowest BCUT2D eigenvalue weighted by Gasteiger charge is -2.14. The third-order valence-electron chi connectivity index (χ3n) is 2.82. The number of hydrogen-bond acceptors (Lipinski definition) is 2. The molecular formula is C16H14BrNO2. The molecule has 0 spiro atoms. The van der Waals surface area contributed by atoms with Gasteiger partial charge in [-0.15, -0.1) is 6.42 Å². The smallest absolute Gasteiger partial charge is 0.261 e. The van der Waals surface area contributed by atoms with E-state index in [-0.39, 0.29) is 12.5 Å². The van der Waals surface area contributed by atoms with Crippen molar-refractivity contribution in [3.63, 3.8) is 0 Å². The number of amides is 1. The second kappa shape index (κ2) is 6.44. The highest BCUT2D eigenvalue weighted by Gasteiger charge is 2.13. The van der Waals surface area contributed by atoms with E-state index in [2.05, 4.69) is 27.2 Å². The molecule has 3 nitrogen and oxygen atoms in total. The lowest BCUT2D eigenvalue weighted by molar-refractivity contribution is -0.126. The maximum atomic E-state index is 11.7. The Balaban J connectivity index is 2.12. The van der Waals surface area contributed by atoms with Crippen LogP contribution in [0.5, 0.6) is 5.75 Å². The first-order valence-corrected chi connectivity index (χ1v) is 6.96. The molecule has 1 unspecified atom stereocenters. The van der Waals surface area contributed by atoms with Gasteiger partial charge in [-0.3, -0.25) is 4.79 Å². The number of fused-ring (bicyclic) bond motifs is 1. The molecule has 0 saturated carbocycles. The zero-order valence-electron chi connectivity index (χ0n) is 11.0. The first kappa shape index (κ1) is 14.4. The Morgan fingerprint density at radius 2 is 2.05 bits per heavy atom. The van der Waals surface area contributed by atoms with Gasteiger partial charge in [0.05, 0.1) is 6.54 Å². The Labute approximate surface area is 126 Å². The third-order valence-corrected chi connectivity index (χ3v) is 3.31. The molecule has 0 aliphatic heterocycles. The molecule has 4 heteroatoms. The molecule has 0 aliphatic carbocycles. The summed E-state index contributed by atoms with van der Waals surface area (Å²) in [7, 11) is 0. The van der Waals surface area contributed by atoms with Gasteiger partial charge in [-0.25, -0.2) is 0 Å². The molecule has 0 aromatic heterocycles. The summed E-state index contributed by atoms with van der Waals surface area (Å²) in [6, 6.07) is 11.7. The van der Waals surface area contributed by atoms with Crippen molar-refractivity contribution >= 4 is 32.6 Å². The number of rotatable bonds is 4. The number of halogens is 1. The SMILES string of the molecule is C#CCNC(=O)C(C)Oc1ccc2cc(Br)ccc2c1. The Bertz CT molecular complexity index is 676. The van der Waals surface area contributed by atoms with Crippen LogP contribution in [-0.2, 0) is 4.79 Å². The number of ether oxygens (including phenoxy) is 1. The molecule has 0 radical (unpaired) electrons. The van der Waals surface area contributed by atoms with Crippen LogP contribution < -0.4 is 10.1 Å². The first-order chi connectivity index (χ1) is 9.60. The molecule has 0 fully saturated rings. The van der Waals surface area contributed by atoms with Gasteiger partial charge in [0, 0.05) is 4.47 Å². The van der Waals surface area contributed by atoms with Crippen molar-refractivity contribution in [2.75, 3.05) is 6.54 Å². The maximum Gasteiger partial charge on any atom is 0.261 e. The summed E-state index contributed by atoms with van der Waals surface area (Å²) in [6.45, 7) is 1.90. The Kier molecular flexibility index (Phi) is 4.65. The number of terminal acetylenes is 1. The fraction of sp³-hybridized carbons (Fsp3) is 0.188. The molecule has 2 aromatic carbocycles. The molecule has 2 aromatic rings. The number of hydrogen-bond donors (Lipinski definition) is 1. The fourth-order valence-corrected chi connectivity index (χ4v) is 2.19. The minimum Gasteiger partial charge on any atom is -0.481 e. The monoisotopic (exact) mass is 331 g/mol. The van der Waals surface area contributed by atoms with Crippen LogP contribution in [-0.4, -0.2) is 18.6 Å². The lowest BCUT2D eigenvalue weighted by Crippen LogP contribution is -2.36. The summed E-state index contributed by atoms with van der Waals surface area (Å²) in [4.78, 5) is 11.7. The Morgan fingerprint density at radius 3 is 2.80 bits per heavy atom. The molecule has 1 amide bonds. The van der Waals surface area contributed by atoms with E-state index in [4.69, 9.17) is 11.2 Å². The van der Waals surface area contributed by atoms with Crippen LogP contribution in [0.25, 0.3) is 10.8 Å². The summed E-state index contributed by atoms with van der Waals surface area (Å²) >= 11 is 3.43. The van der Waals surface area contributed by atoms with E-state index in [1.54, 1.807) is 6.92 Å². The van der Waals surface area contributed by atoms with Crippen LogP contribution >= 0.6 is 15.9 Å². The van der Waals surface area contributed by atoms with Gasteiger partial charge in [0.2, 0.25) is 0 Å². The summed E-state index contributed by atoms with van der Waals surface area (Å²) < 4.78 is 6.65. The predicted molar refractivity (Wildman–Crippen MR) is 83.6 cm³/mol. The van der Waals surface area contributed by atoms with Crippen LogP contribution in [0.2, 0.25) is 0 Å². The zero-order chi connectivity index (χ0) is 14.5. The van der Waals surface area contributed by atoms with E-state index in [0.717, 1.165) is 15.2 Å². The molecule has 102 valence electrons. The van der Waals surface area contributed by atoms with Crippen molar-refractivity contribution in [1.82, 2.24) is 5.32 Å². The van der Waals surface area contributed by atoms with E-state index in [9.17, 15) is 4.79 Å². The third kappa shape index (κ3) is 3.52. The average Bonchev–Trinajstić information content (AvgIpc) is 2.44. The Hall–Kier alpha value is -1.99. The zero-order valence-corrected chi connectivity index (χ0v) is 12.6. The van der Waals surface area contributed by atoms with Crippen LogP contribution in [0.3, 0.4) is 0 Å². The van der Waals surface area contributed by atoms with Crippen LogP contribution in [0, 0.1) is 12.3 Å². The summed E-state index contributed by atoms with van der Waals surface area (Å²) in [5.74, 6) is 2.79. The Morgan fingerprint density at radius 1 is 1.35 bits per heavy atom. The van der Waals surface area contributed by atoms with E-state index < -0.39 is 6.10 Å². The van der Waals surface area contributed by atoms with E-state index in [1.807, 2.05) is 36.4 Å². The van der Waals surface area contributed by atoms with Gasteiger partial charge in [-0.2, -0.15) is 0 Å². The van der Waals surface area contributed by atoms with Gasteiger partial charge in [0.1, 0.15) is 5.75 Å². The van der Waals surface area contributed by atoms with Crippen molar-refractivity contribution in [3.8, 4) is 18.1 Å². The summed E-state index contributed by atoms with van der Waals surface area (Å²) in [5, 5.41) is 4.76.